The third kappa shape index (κ3) is 4.08. The van der Waals surface area contributed by atoms with Gasteiger partial charge in [-0.3, -0.25) is 9.59 Å². The first-order chi connectivity index (χ1) is 15.6. The number of carbonyl (C=O) groups is 2. The van der Waals surface area contributed by atoms with Crippen LogP contribution in [0.5, 0.6) is 0 Å². The Labute approximate surface area is 195 Å². The number of rotatable bonds is 4. The lowest BCUT2D eigenvalue weighted by atomic mass is 10.1. The molecule has 0 aliphatic carbocycles. The second kappa shape index (κ2) is 9.10. The predicted octanol–water partition coefficient (Wildman–Crippen LogP) is 4.85. The van der Waals surface area contributed by atoms with Crippen molar-refractivity contribution in [3.63, 3.8) is 0 Å². The molecule has 1 atom stereocenters. The zero-order valence-corrected chi connectivity index (χ0v) is 19.4. The van der Waals surface area contributed by atoms with Gasteiger partial charge in [0.15, 0.2) is 0 Å². The molecule has 32 heavy (non-hydrogen) atoms. The fraction of sp³-hybridized carbons (Fsp3) is 0.280. The van der Waals surface area contributed by atoms with Crippen molar-refractivity contribution < 1.29 is 14.3 Å². The van der Waals surface area contributed by atoms with Gasteiger partial charge in [-0.15, -0.1) is 23.1 Å². The summed E-state index contributed by atoms with van der Waals surface area (Å²) in [6, 6.07) is 18.2. The van der Waals surface area contributed by atoms with Crippen molar-refractivity contribution in [3.8, 4) is 10.4 Å². The molecule has 7 heteroatoms. The Kier molecular flexibility index (Phi) is 6.04. The predicted molar refractivity (Wildman–Crippen MR) is 130 cm³/mol. The van der Waals surface area contributed by atoms with Gasteiger partial charge in [-0.2, -0.15) is 0 Å². The highest BCUT2D eigenvalue weighted by atomic mass is 32.2. The number of fused-ring (bicyclic) bond motifs is 1. The summed E-state index contributed by atoms with van der Waals surface area (Å²) in [5.41, 5.74) is 3.77. The average Bonchev–Trinajstić information content (AvgIpc) is 3.41. The van der Waals surface area contributed by atoms with Crippen LogP contribution in [0.25, 0.3) is 10.4 Å². The third-order valence-electron chi connectivity index (χ3n) is 5.87. The number of benzene rings is 2. The van der Waals surface area contributed by atoms with Crippen LogP contribution in [-0.2, 0) is 16.0 Å². The molecule has 3 heterocycles. The summed E-state index contributed by atoms with van der Waals surface area (Å²) in [5.74, 6) is -0.0926. The van der Waals surface area contributed by atoms with Crippen LogP contribution in [0.3, 0.4) is 0 Å². The second-order valence-corrected chi connectivity index (χ2v) is 10.2. The van der Waals surface area contributed by atoms with E-state index in [2.05, 4.69) is 17.4 Å². The third-order valence-corrected chi connectivity index (χ3v) is 8.45. The van der Waals surface area contributed by atoms with Gasteiger partial charge in [0, 0.05) is 22.9 Å². The van der Waals surface area contributed by atoms with Crippen molar-refractivity contribution >= 4 is 39.9 Å². The highest BCUT2D eigenvalue weighted by Crippen LogP contribution is 2.42. The first kappa shape index (κ1) is 21.2. The fourth-order valence-electron chi connectivity index (χ4n) is 4.17. The molecule has 0 saturated carbocycles. The van der Waals surface area contributed by atoms with Gasteiger partial charge in [-0.25, -0.2) is 0 Å². The van der Waals surface area contributed by atoms with E-state index in [1.165, 1.54) is 16.9 Å². The minimum Gasteiger partial charge on any atom is -0.378 e. The smallest absolute Gasteiger partial charge is 0.257 e. The maximum atomic E-state index is 13.5. The van der Waals surface area contributed by atoms with Crippen LogP contribution in [0, 0.1) is 6.92 Å². The Balaban J connectivity index is 1.46. The summed E-state index contributed by atoms with van der Waals surface area (Å²) >= 11 is 3.08. The van der Waals surface area contributed by atoms with Gasteiger partial charge in [0.2, 0.25) is 5.91 Å². The Morgan fingerprint density at radius 3 is 2.50 bits per heavy atom. The number of thioether (sulfide) groups is 1. The van der Waals surface area contributed by atoms with Crippen LogP contribution in [0.2, 0.25) is 0 Å². The molecule has 1 N–H and O–H groups in total. The summed E-state index contributed by atoms with van der Waals surface area (Å²) in [6.45, 7) is 4.19. The zero-order valence-electron chi connectivity index (χ0n) is 17.8. The monoisotopic (exact) mass is 464 g/mol. The lowest BCUT2D eigenvalue weighted by molar-refractivity contribution is -0.115. The molecular weight excluding hydrogens is 440 g/mol. The molecule has 0 spiro atoms. The van der Waals surface area contributed by atoms with Crippen molar-refractivity contribution in [1.82, 2.24) is 4.90 Å². The van der Waals surface area contributed by atoms with E-state index in [-0.39, 0.29) is 17.1 Å². The summed E-state index contributed by atoms with van der Waals surface area (Å²) in [7, 11) is 0. The molecule has 2 aliphatic rings. The van der Waals surface area contributed by atoms with Crippen molar-refractivity contribution in [3.05, 3.63) is 71.3 Å². The second-order valence-electron chi connectivity index (χ2n) is 7.94. The van der Waals surface area contributed by atoms with Gasteiger partial charge in [0.25, 0.3) is 5.91 Å². The van der Waals surface area contributed by atoms with Crippen LogP contribution in [0.1, 0.15) is 21.5 Å². The van der Waals surface area contributed by atoms with E-state index in [9.17, 15) is 9.59 Å². The number of amides is 2. The molecule has 164 valence electrons. The molecule has 2 amide bonds. The molecule has 2 aliphatic heterocycles. The average molecular weight is 465 g/mol. The zero-order chi connectivity index (χ0) is 22.1. The molecule has 0 radical (unpaired) electrons. The number of ether oxygens (including phenoxy) is 1. The Morgan fingerprint density at radius 1 is 1.03 bits per heavy atom. The molecule has 5 nitrogen and oxygen atoms in total. The van der Waals surface area contributed by atoms with Crippen LogP contribution >= 0.6 is 23.1 Å². The SMILES string of the molecule is Cc1c(-c2ccccc2)sc(NC(=O)C2Cc3ccccc3S2)c1C(=O)N1CCOCC1. The van der Waals surface area contributed by atoms with Gasteiger partial charge in [0.1, 0.15) is 5.00 Å². The Hall–Kier alpha value is -2.61. The van der Waals surface area contributed by atoms with Crippen molar-refractivity contribution in [2.75, 3.05) is 31.6 Å². The van der Waals surface area contributed by atoms with E-state index in [1.807, 2.05) is 54.3 Å². The van der Waals surface area contributed by atoms with E-state index in [4.69, 9.17) is 4.74 Å². The van der Waals surface area contributed by atoms with Crippen LogP contribution < -0.4 is 5.32 Å². The molecule has 2 aromatic carbocycles. The summed E-state index contributed by atoms with van der Waals surface area (Å²) in [4.78, 5) is 30.7. The molecule has 1 fully saturated rings. The van der Waals surface area contributed by atoms with Crippen LogP contribution in [0.4, 0.5) is 5.00 Å². The van der Waals surface area contributed by atoms with Crippen LogP contribution in [0.15, 0.2) is 59.5 Å². The van der Waals surface area contributed by atoms with E-state index in [0.29, 0.717) is 43.3 Å². The molecule has 1 unspecified atom stereocenters. The normalized spacial score (nSPS) is 17.8. The van der Waals surface area contributed by atoms with Gasteiger partial charge in [-0.05, 0) is 36.1 Å². The quantitative estimate of drug-likeness (QED) is 0.600. The summed E-state index contributed by atoms with van der Waals surface area (Å²) in [6.07, 6.45) is 0.704. The number of morpholine rings is 1. The number of nitrogens with one attached hydrogen (secondary N) is 1. The number of carbonyl (C=O) groups excluding carboxylic acids is 2. The van der Waals surface area contributed by atoms with Crippen LogP contribution in [-0.4, -0.2) is 48.3 Å². The maximum Gasteiger partial charge on any atom is 0.257 e. The first-order valence-corrected chi connectivity index (χ1v) is 12.4. The number of hydrogen-bond acceptors (Lipinski definition) is 5. The summed E-state index contributed by atoms with van der Waals surface area (Å²) in [5, 5.41) is 3.56. The van der Waals surface area contributed by atoms with Gasteiger partial charge >= 0.3 is 0 Å². The largest absolute Gasteiger partial charge is 0.378 e. The lowest BCUT2D eigenvalue weighted by Gasteiger charge is -2.27. The van der Waals surface area contributed by atoms with Crippen molar-refractivity contribution in [1.29, 1.82) is 0 Å². The number of hydrogen-bond donors (Lipinski definition) is 1. The minimum absolute atomic E-state index is 0.0399. The minimum atomic E-state index is -0.193. The first-order valence-electron chi connectivity index (χ1n) is 10.7. The van der Waals surface area contributed by atoms with Crippen molar-refractivity contribution in [2.24, 2.45) is 0 Å². The summed E-state index contributed by atoms with van der Waals surface area (Å²) < 4.78 is 5.42. The van der Waals surface area contributed by atoms with Gasteiger partial charge in [-0.1, -0.05) is 48.5 Å². The number of anilines is 1. The highest BCUT2D eigenvalue weighted by Gasteiger charge is 2.32. The van der Waals surface area contributed by atoms with E-state index in [1.54, 1.807) is 11.8 Å². The molecule has 1 aromatic heterocycles. The van der Waals surface area contributed by atoms with E-state index < -0.39 is 0 Å². The van der Waals surface area contributed by atoms with E-state index >= 15 is 0 Å². The van der Waals surface area contributed by atoms with Crippen molar-refractivity contribution in [2.45, 2.75) is 23.5 Å². The fourth-order valence-corrected chi connectivity index (χ4v) is 6.57. The van der Waals surface area contributed by atoms with E-state index in [0.717, 1.165) is 20.9 Å². The standard InChI is InChI=1S/C25H24N2O3S2/c1-16-21(25(29)27-11-13-30-14-12-27)24(32-22(16)17-7-3-2-4-8-17)26-23(28)20-15-18-9-5-6-10-19(18)31-20/h2-10,20H,11-15H2,1H3,(H,26,28). The number of nitrogens with zero attached hydrogens (tertiary/aromatic N) is 1. The Morgan fingerprint density at radius 2 is 1.75 bits per heavy atom. The van der Waals surface area contributed by atoms with Gasteiger partial charge in [0.05, 0.1) is 24.0 Å². The molecule has 1 saturated heterocycles. The molecule has 5 rings (SSSR count). The van der Waals surface area contributed by atoms with Gasteiger partial charge < -0.3 is 15.0 Å². The number of thiophene rings is 1. The highest BCUT2D eigenvalue weighted by molar-refractivity contribution is 8.01. The molecule has 0 bridgehead atoms. The molecular formula is C25H24N2O3S2. The molecule has 3 aromatic rings. The maximum absolute atomic E-state index is 13.5. The Bertz CT molecular complexity index is 1130. The topological polar surface area (TPSA) is 58.6 Å². The lowest BCUT2D eigenvalue weighted by Crippen LogP contribution is -2.41.